The molecule has 1 amide bonds. The van der Waals surface area contributed by atoms with Crippen LogP contribution in [0.3, 0.4) is 0 Å². The highest BCUT2D eigenvalue weighted by Crippen LogP contribution is 1.86. The molecule has 0 saturated heterocycles. The molecule has 0 atom stereocenters. The fourth-order valence-corrected chi connectivity index (χ4v) is 1.17. The molecule has 0 heterocycles. The third-order valence-electron chi connectivity index (χ3n) is 2.12. The minimum atomic E-state index is 0. The Morgan fingerprint density at radius 2 is 1.83 bits per heavy atom. The van der Waals surface area contributed by atoms with E-state index in [1.54, 1.807) is 7.05 Å². The fraction of sp³-hybridized carbons (Fsp3) is 0.833. The summed E-state index contributed by atoms with van der Waals surface area (Å²) in [4.78, 5) is 15.4. The van der Waals surface area contributed by atoms with Gasteiger partial charge in [0.15, 0.2) is 5.96 Å². The Labute approximate surface area is 128 Å². The summed E-state index contributed by atoms with van der Waals surface area (Å²) in [6, 6.07) is 0. The van der Waals surface area contributed by atoms with E-state index in [0.717, 1.165) is 25.5 Å². The van der Waals surface area contributed by atoms with Crippen molar-refractivity contribution >= 4 is 35.8 Å². The molecule has 0 rings (SSSR count). The van der Waals surface area contributed by atoms with Gasteiger partial charge in [0.1, 0.15) is 0 Å². The van der Waals surface area contributed by atoms with Crippen LogP contribution in [-0.4, -0.2) is 38.5 Å². The van der Waals surface area contributed by atoms with Crippen LogP contribution in [0.2, 0.25) is 0 Å². The maximum Gasteiger partial charge on any atom is 0.221 e. The number of aliphatic imine (C=N–C) groups is 1. The maximum atomic E-state index is 11.3. The smallest absolute Gasteiger partial charge is 0.221 e. The highest BCUT2D eigenvalue weighted by molar-refractivity contribution is 14.0. The highest BCUT2D eigenvalue weighted by atomic mass is 127. The Balaban J connectivity index is 0. The lowest BCUT2D eigenvalue weighted by molar-refractivity contribution is -0.120. The summed E-state index contributed by atoms with van der Waals surface area (Å²) in [5.41, 5.74) is 0. The molecule has 0 aliphatic carbocycles. The van der Waals surface area contributed by atoms with E-state index in [-0.39, 0.29) is 29.9 Å². The van der Waals surface area contributed by atoms with Crippen molar-refractivity contribution in [3.05, 3.63) is 0 Å². The van der Waals surface area contributed by atoms with E-state index in [4.69, 9.17) is 0 Å². The second-order valence-corrected chi connectivity index (χ2v) is 4.37. The van der Waals surface area contributed by atoms with Gasteiger partial charge in [-0.1, -0.05) is 20.8 Å². The van der Waals surface area contributed by atoms with Crippen molar-refractivity contribution in [3.63, 3.8) is 0 Å². The van der Waals surface area contributed by atoms with Crippen LogP contribution >= 0.6 is 24.0 Å². The molecule has 0 aliphatic heterocycles. The zero-order valence-electron chi connectivity index (χ0n) is 11.9. The van der Waals surface area contributed by atoms with Gasteiger partial charge in [-0.05, 0) is 12.3 Å². The minimum absolute atomic E-state index is 0. The van der Waals surface area contributed by atoms with Gasteiger partial charge in [0, 0.05) is 33.1 Å². The molecule has 5 nitrogen and oxygen atoms in total. The van der Waals surface area contributed by atoms with Gasteiger partial charge >= 0.3 is 0 Å². The van der Waals surface area contributed by atoms with Gasteiger partial charge in [0.05, 0.1) is 0 Å². The van der Waals surface area contributed by atoms with E-state index in [0.29, 0.717) is 18.9 Å². The zero-order chi connectivity index (χ0) is 13.1. The van der Waals surface area contributed by atoms with Crippen LogP contribution in [-0.2, 0) is 4.79 Å². The number of carbonyl (C=O) groups excluding carboxylic acids is 1. The summed E-state index contributed by atoms with van der Waals surface area (Å²) in [6.07, 6.45) is 1.44. The Morgan fingerprint density at radius 3 is 2.33 bits per heavy atom. The van der Waals surface area contributed by atoms with E-state index >= 15 is 0 Å². The van der Waals surface area contributed by atoms with Crippen LogP contribution in [0.1, 0.15) is 33.6 Å². The molecule has 0 aromatic rings. The first kappa shape index (κ1) is 19.8. The third-order valence-corrected chi connectivity index (χ3v) is 2.12. The molecule has 0 spiro atoms. The molecule has 0 aliphatic rings. The van der Waals surface area contributed by atoms with Gasteiger partial charge in [-0.2, -0.15) is 0 Å². The lowest BCUT2D eigenvalue weighted by Gasteiger charge is -2.13. The molecule has 108 valence electrons. The molecular formula is C12H27IN4O. The number of nitrogens with zero attached hydrogens (tertiary/aromatic N) is 1. The molecule has 0 aromatic heterocycles. The van der Waals surface area contributed by atoms with E-state index in [2.05, 4.69) is 34.8 Å². The predicted octanol–water partition coefficient (Wildman–Crippen LogP) is 1.34. The van der Waals surface area contributed by atoms with Crippen molar-refractivity contribution < 1.29 is 4.79 Å². The van der Waals surface area contributed by atoms with Gasteiger partial charge in [0.2, 0.25) is 5.91 Å². The molecule has 0 unspecified atom stereocenters. The highest BCUT2D eigenvalue weighted by Gasteiger charge is 2.02. The molecule has 18 heavy (non-hydrogen) atoms. The van der Waals surface area contributed by atoms with Crippen molar-refractivity contribution in [3.8, 4) is 0 Å². The molecule has 6 heteroatoms. The summed E-state index contributed by atoms with van der Waals surface area (Å²) >= 11 is 0. The van der Waals surface area contributed by atoms with Crippen LogP contribution in [0, 0.1) is 5.92 Å². The maximum absolute atomic E-state index is 11.3. The number of halogens is 1. The molecule has 0 aromatic carbocycles. The lowest BCUT2D eigenvalue weighted by Crippen LogP contribution is -2.40. The Kier molecular flexibility index (Phi) is 14.2. The number of carbonyl (C=O) groups is 1. The fourth-order valence-electron chi connectivity index (χ4n) is 1.17. The third kappa shape index (κ3) is 11.9. The van der Waals surface area contributed by atoms with E-state index in [1.807, 2.05) is 6.92 Å². The second kappa shape index (κ2) is 12.9. The molecule has 0 bridgehead atoms. The second-order valence-electron chi connectivity index (χ2n) is 4.37. The molecule has 3 N–H and O–H groups in total. The number of hydrogen-bond acceptors (Lipinski definition) is 2. The topological polar surface area (TPSA) is 65.5 Å². The van der Waals surface area contributed by atoms with Crippen molar-refractivity contribution in [2.24, 2.45) is 10.9 Å². The molecule has 0 radical (unpaired) electrons. The summed E-state index contributed by atoms with van der Waals surface area (Å²) in [6.45, 7) is 8.54. The molecule has 0 saturated carbocycles. The first-order chi connectivity index (χ1) is 8.10. The Morgan fingerprint density at radius 1 is 1.17 bits per heavy atom. The number of amides is 1. The first-order valence-electron chi connectivity index (χ1n) is 6.31. The van der Waals surface area contributed by atoms with E-state index in [9.17, 15) is 4.79 Å². The summed E-state index contributed by atoms with van der Waals surface area (Å²) in [7, 11) is 1.73. The van der Waals surface area contributed by atoms with Crippen molar-refractivity contribution in [2.75, 3.05) is 26.7 Å². The monoisotopic (exact) mass is 370 g/mol. The quantitative estimate of drug-likeness (QED) is 0.360. The normalized spacial score (nSPS) is 10.8. The Bertz CT molecular complexity index is 244. The van der Waals surface area contributed by atoms with Gasteiger partial charge in [0.25, 0.3) is 0 Å². The first-order valence-corrected chi connectivity index (χ1v) is 6.31. The average Bonchev–Trinajstić information content (AvgIpc) is 2.30. The Hall–Kier alpha value is -0.530. The van der Waals surface area contributed by atoms with Gasteiger partial charge in [-0.25, -0.2) is 0 Å². The van der Waals surface area contributed by atoms with Crippen LogP contribution in [0.4, 0.5) is 0 Å². The summed E-state index contributed by atoms with van der Waals surface area (Å²) in [5, 5.41) is 9.14. The molecular weight excluding hydrogens is 343 g/mol. The summed E-state index contributed by atoms with van der Waals surface area (Å²) in [5.74, 6) is 1.40. The van der Waals surface area contributed by atoms with Gasteiger partial charge in [-0.15, -0.1) is 24.0 Å². The molecule has 0 fully saturated rings. The number of rotatable bonds is 7. The van der Waals surface area contributed by atoms with Crippen LogP contribution < -0.4 is 16.0 Å². The van der Waals surface area contributed by atoms with Crippen LogP contribution in [0.25, 0.3) is 0 Å². The minimum Gasteiger partial charge on any atom is -0.356 e. The van der Waals surface area contributed by atoms with Crippen molar-refractivity contribution in [1.82, 2.24) is 16.0 Å². The zero-order valence-corrected chi connectivity index (χ0v) is 14.2. The number of hydrogen-bond donors (Lipinski definition) is 3. The largest absolute Gasteiger partial charge is 0.356 e. The lowest BCUT2D eigenvalue weighted by atomic mass is 10.2. The van der Waals surface area contributed by atoms with Gasteiger partial charge in [-0.3, -0.25) is 9.79 Å². The van der Waals surface area contributed by atoms with Gasteiger partial charge < -0.3 is 16.0 Å². The average molecular weight is 370 g/mol. The number of guanidine groups is 1. The predicted molar refractivity (Wildman–Crippen MR) is 87.5 cm³/mol. The number of nitrogens with one attached hydrogen (secondary N) is 3. The standard InChI is InChI=1S/C12H26N4O.HI/c1-5-7-14-11(17)6-8-15-12(13-4)16-9-10(2)3;/h10H,5-9H2,1-4H3,(H,14,17)(H2,13,15,16);1H. The van der Waals surface area contributed by atoms with E-state index < -0.39 is 0 Å². The SMILES string of the molecule is CCCNC(=O)CCNC(=NC)NCC(C)C.I. The van der Waals surface area contributed by atoms with Crippen molar-refractivity contribution in [1.29, 1.82) is 0 Å². The van der Waals surface area contributed by atoms with Crippen molar-refractivity contribution in [2.45, 2.75) is 33.6 Å². The van der Waals surface area contributed by atoms with E-state index in [1.165, 1.54) is 0 Å². The van der Waals surface area contributed by atoms with Crippen LogP contribution in [0.5, 0.6) is 0 Å². The summed E-state index contributed by atoms with van der Waals surface area (Å²) < 4.78 is 0. The van der Waals surface area contributed by atoms with Crippen LogP contribution in [0.15, 0.2) is 4.99 Å².